The molecule has 1 aromatic heterocycles. The summed E-state index contributed by atoms with van der Waals surface area (Å²) in [5.74, 6) is -0.414. The van der Waals surface area contributed by atoms with Gasteiger partial charge in [-0.3, -0.25) is 9.69 Å². The van der Waals surface area contributed by atoms with E-state index in [1.54, 1.807) is 12.4 Å². The number of urea groups is 1. The summed E-state index contributed by atoms with van der Waals surface area (Å²) in [5, 5.41) is 12.8. The molecular formula is C20H21ClFN7O2. The predicted octanol–water partition coefficient (Wildman–Crippen LogP) is 1.77. The van der Waals surface area contributed by atoms with E-state index in [0.29, 0.717) is 29.3 Å². The number of carbonyl (C=O) groups excluding carboxylic acids is 2. The number of rotatable bonds is 3. The third kappa shape index (κ3) is 3.31. The molecule has 1 unspecified atom stereocenters. The molecule has 4 heterocycles. The van der Waals surface area contributed by atoms with Gasteiger partial charge in [-0.05, 0) is 31.8 Å². The SMILES string of the molecule is CN1C(=O)N[C@@]2(CCC[C@H](Nc3nc(C4=CNC5NC=C(Cl)C=C45)ncc3F)C2)C1=O. The Balaban J connectivity index is 1.38. The van der Waals surface area contributed by atoms with Crippen LogP contribution in [-0.2, 0) is 4.79 Å². The van der Waals surface area contributed by atoms with Gasteiger partial charge in [-0.1, -0.05) is 11.6 Å². The zero-order valence-electron chi connectivity index (χ0n) is 16.7. The number of halogens is 2. The van der Waals surface area contributed by atoms with Crippen LogP contribution in [0.3, 0.4) is 0 Å². The lowest BCUT2D eigenvalue weighted by atomic mass is 9.79. The van der Waals surface area contributed by atoms with Gasteiger partial charge in [0.05, 0.1) is 11.2 Å². The number of amides is 3. The summed E-state index contributed by atoms with van der Waals surface area (Å²) >= 11 is 6.11. The highest BCUT2D eigenvalue weighted by molar-refractivity contribution is 6.31. The Morgan fingerprint density at radius 2 is 2.13 bits per heavy atom. The molecule has 3 atom stereocenters. The van der Waals surface area contributed by atoms with E-state index in [1.807, 2.05) is 6.08 Å². The molecule has 2 fully saturated rings. The van der Waals surface area contributed by atoms with Crippen LogP contribution in [0.15, 0.2) is 35.3 Å². The normalized spacial score (nSPS) is 29.5. The molecule has 162 valence electrons. The van der Waals surface area contributed by atoms with Crippen molar-refractivity contribution in [1.82, 2.24) is 30.8 Å². The number of imide groups is 1. The molecular weight excluding hydrogens is 425 g/mol. The smallest absolute Gasteiger partial charge is 0.324 e. The number of hydrogen-bond acceptors (Lipinski definition) is 7. The molecule has 31 heavy (non-hydrogen) atoms. The lowest BCUT2D eigenvalue weighted by Gasteiger charge is -2.36. The van der Waals surface area contributed by atoms with E-state index in [2.05, 4.69) is 31.2 Å². The van der Waals surface area contributed by atoms with E-state index in [1.165, 1.54) is 7.05 Å². The van der Waals surface area contributed by atoms with Gasteiger partial charge in [-0.2, -0.15) is 0 Å². The number of likely N-dealkylation sites (N-methyl/N-ethyl adjacent to an activating group) is 1. The maximum Gasteiger partial charge on any atom is 0.324 e. The zero-order valence-corrected chi connectivity index (χ0v) is 17.5. The quantitative estimate of drug-likeness (QED) is 0.525. The van der Waals surface area contributed by atoms with Crippen molar-refractivity contribution in [3.8, 4) is 0 Å². The third-order valence-corrected chi connectivity index (χ3v) is 6.36. The number of fused-ring (bicyclic) bond motifs is 1. The minimum Gasteiger partial charge on any atom is -0.367 e. The molecule has 11 heteroatoms. The minimum atomic E-state index is -0.944. The van der Waals surface area contributed by atoms with E-state index in [4.69, 9.17) is 11.6 Å². The average molecular weight is 446 g/mol. The first-order valence-corrected chi connectivity index (χ1v) is 10.4. The van der Waals surface area contributed by atoms with Crippen molar-refractivity contribution in [1.29, 1.82) is 0 Å². The molecule has 1 saturated heterocycles. The number of carbonyl (C=O) groups is 2. The van der Waals surface area contributed by atoms with Crippen LogP contribution in [0.4, 0.5) is 15.0 Å². The predicted molar refractivity (Wildman–Crippen MR) is 112 cm³/mol. The molecule has 4 aliphatic rings. The summed E-state index contributed by atoms with van der Waals surface area (Å²) < 4.78 is 14.6. The molecule has 0 bridgehead atoms. The average Bonchev–Trinajstić information content (AvgIpc) is 3.25. The number of dihydropyridines is 1. The van der Waals surface area contributed by atoms with Crippen molar-refractivity contribution in [2.45, 2.75) is 43.4 Å². The summed E-state index contributed by atoms with van der Waals surface area (Å²) in [4.78, 5) is 34.2. The Morgan fingerprint density at radius 3 is 2.90 bits per heavy atom. The van der Waals surface area contributed by atoms with Crippen LogP contribution < -0.4 is 21.3 Å². The van der Waals surface area contributed by atoms with Crippen LogP contribution in [0.2, 0.25) is 0 Å². The van der Waals surface area contributed by atoms with E-state index in [9.17, 15) is 14.0 Å². The van der Waals surface area contributed by atoms with Crippen molar-refractivity contribution in [3.63, 3.8) is 0 Å². The van der Waals surface area contributed by atoms with E-state index >= 15 is 0 Å². The summed E-state index contributed by atoms with van der Waals surface area (Å²) in [5.41, 5.74) is 0.636. The molecule has 3 amide bonds. The summed E-state index contributed by atoms with van der Waals surface area (Å²) in [6.45, 7) is 0. The number of anilines is 1. The van der Waals surface area contributed by atoms with Crippen LogP contribution in [0.5, 0.6) is 0 Å². The fraction of sp³-hybridized carbons (Fsp3) is 0.400. The van der Waals surface area contributed by atoms with Crippen molar-refractivity contribution in [3.05, 3.63) is 46.9 Å². The zero-order chi connectivity index (χ0) is 21.8. The van der Waals surface area contributed by atoms with Crippen LogP contribution in [-0.4, -0.2) is 51.6 Å². The van der Waals surface area contributed by atoms with Crippen LogP contribution in [0.25, 0.3) is 5.57 Å². The van der Waals surface area contributed by atoms with Gasteiger partial charge >= 0.3 is 6.03 Å². The first kappa shape index (κ1) is 19.8. The van der Waals surface area contributed by atoms with Crippen LogP contribution in [0.1, 0.15) is 31.5 Å². The first-order valence-electron chi connectivity index (χ1n) is 10.1. The monoisotopic (exact) mass is 445 g/mol. The van der Waals surface area contributed by atoms with Crippen LogP contribution >= 0.6 is 11.6 Å². The molecule has 3 aliphatic heterocycles. The van der Waals surface area contributed by atoms with Crippen molar-refractivity contribution in [2.24, 2.45) is 0 Å². The van der Waals surface area contributed by atoms with Gasteiger partial charge in [0.1, 0.15) is 11.7 Å². The second-order valence-corrected chi connectivity index (χ2v) is 8.59. The lowest BCUT2D eigenvalue weighted by molar-refractivity contribution is -0.131. The number of hydrogen-bond donors (Lipinski definition) is 4. The van der Waals surface area contributed by atoms with Crippen LogP contribution in [0, 0.1) is 5.82 Å². The Kier molecular flexibility index (Phi) is 4.62. The van der Waals surface area contributed by atoms with E-state index in [-0.39, 0.29) is 23.9 Å². The molecule has 9 nitrogen and oxygen atoms in total. The Bertz CT molecular complexity index is 1070. The van der Waals surface area contributed by atoms with Crippen molar-refractivity contribution in [2.75, 3.05) is 12.4 Å². The molecule has 0 radical (unpaired) electrons. The first-order chi connectivity index (χ1) is 14.9. The highest BCUT2D eigenvalue weighted by atomic mass is 35.5. The molecule has 5 rings (SSSR count). The molecule has 1 saturated carbocycles. The second kappa shape index (κ2) is 7.23. The fourth-order valence-corrected chi connectivity index (χ4v) is 4.77. The van der Waals surface area contributed by atoms with Gasteiger partial charge in [0.2, 0.25) is 0 Å². The third-order valence-electron chi connectivity index (χ3n) is 6.14. The highest BCUT2D eigenvalue weighted by Gasteiger charge is 2.52. The molecule has 4 N–H and O–H groups in total. The minimum absolute atomic E-state index is 0.0625. The summed E-state index contributed by atoms with van der Waals surface area (Å²) in [7, 11) is 1.46. The van der Waals surface area contributed by atoms with Gasteiger partial charge in [-0.15, -0.1) is 0 Å². The topological polar surface area (TPSA) is 111 Å². The number of aromatic nitrogens is 2. The van der Waals surface area contributed by atoms with Crippen molar-refractivity contribution >= 4 is 34.9 Å². The second-order valence-electron chi connectivity index (χ2n) is 8.16. The van der Waals surface area contributed by atoms with Gasteiger partial charge in [-0.25, -0.2) is 19.2 Å². The van der Waals surface area contributed by atoms with Gasteiger partial charge in [0, 0.05) is 36.6 Å². The molecule has 1 aromatic rings. The molecule has 1 spiro atoms. The Hall–Kier alpha value is -3.14. The number of allylic oxidation sites excluding steroid dienone is 2. The number of nitrogens with one attached hydrogen (secondary N) is 4. The van der Waals surface area contributed by atoms with E-state index < -0.39 is 17.4 Å². The molecule has 0 aromatic carbocycles. The number of nitrogens with zero attached hydrogens (tertiary/aromatic N) is 3. The summed E-state index contributed by atoms with van der Waals surface area (Å²) in [6, 6.07) is -0.628. The Morgan fingerprint density at radius 1 is 1.32 bits per heavy atom. The lowest BCUT2D eigenvalue weighted by Crippen LogP contribution is -2.52. The van der Waals surface area contributed by atoms with Gasteiger partial charge < -0.3 is 21.3 Å². The van der Waals surface area contributed by atoms with Gasteiger partial charge in [0.15, 0.2) is 17.5 Å². The van der Waals surface area contributed by atoms with Crippen molar-refractivity contribution < 1.29 is 14.0 Å². The summed E-state index contributed by atoms with van der Waals surface area (Å²) in [6.07, 6.45) is 8.63. The van der Waals surface area contributed by atoms with E-state index in [0.717, 1.165) is 29.5 Å². The Labute approximate surface area is 182 Å². The highest BCUT2D eigenvalue weighted by Crippen LogP contribution is 2.35. The standard InChI is InChI=1S/C20H21ClFN7O2/c1-29-18(30)20(28-19(29)31)4-2-3-11(6-20)26-17-14(22)9-25-16(27-17)13-8-24-15-12(13)5-10(21)7-23-15/h5,7-9,11,15,23-24H,2-4,6H2,1H3,(H,28,31)(H,25,26,27)/t11-,15?,20+/m0/s1. The van der Waals surface area contributed by atoms with Gasteiger partial charge in [0.25, 0.3) is 5.91 Å². The maximum atomic E-state index is 14.6. The largest absolute Gasteiger partial charge is 0.367 e. The maximum absolute atomic E-state index is 14.6. The fourth-order valence-electron chi connectivity index (χ4n) is 4.59. The molecule has 1 aliphatic carbocycles.